The molecule has 0 fully saturated rings. The molecule has 0 saturated carbocycles. The molecule has 1 amide bonds. The molecule has 0 bridgehead atoms. The van der Waals surface area contributed by atoms with Crippen molar-refractivity contribution >= 4 is 28.6 Å². The largest absolute Gasteiger partial charge is 0.355 e. The molecule has 27 heavy (non-hydrogen) atoms. The van der Waals surface area contributed by atoms with Crippen molar-refractivity contribution < 1.29 is 4.79 Å². The second-order valence-corrected chi connectivity index (χ2v) is 7.69. The van der Waals surface area contributed by atoms with Crippen molar-refractivity contribution in [2.75, 3.05) is 6.54 Å². The van der Waals surface area contributed by atoms with Gasteiger partial charge >= 0.3 is 0 Å². The van der Waals surface area contributed by atoms with Crippen LogP contribution in [0.3, 0.4) is 0 Å². The van der Waals surface area contributed by atoms with Crippen molar-refractivity contribution in [2.45, 2.75) is 12.8 Å². The molecule has 1 aromatic carbocycles. The summed E-state index contributed by atoms with van der Waals surface area (Å²) in [5.74, 6) is 0.00494. The normalized spacial score (nSPS) is 10.8. The fraction of sp³-hybridized carbons (Fsp3) is 0.150. The SMILES string of the molecule is O=C(Cc1csc(-c2ccsc2)n1)NCCc1ccc(-n2cccn2)cc1. The fourth-order valence-corrected chi connectivity index (χ4v) is 4.25. The van der Waals surface area contributed by atoms with Crippen LogP contribution in [0, 0.1) is 0 Å². The van der Waals surface area contributed by atoms with E-state index in [2.05, 4.69) is 32.9 Å². The number of hydrogen-bond donors (Lipinski definition) is 1. The Morgan fingerprint density at radius 2 is 2.04 bits per heavy atom. The quantitative estimate of drug-likeness (QED) is 0.516. The first kappa shape index (κ1) is 17.6. The zero-order valence-corrected chi connectivity index (χ0v) is 16.2. The molecule has 0 unspecified atom stereocenters. The van der Waals surface area contributed by atoms with Gasteiger partial charge in [0.1, 0.15) is 5.01 Å². The number of aromatic nitrogens is 3. The lowest BCUT2D eigenvalue weighted by molar-refractivity contribution is -0.120. The summed E-state index contributed by atoms with van der Waals surface area (Å²) in [5.41, 5.74) is 4.15. The van der Waals surface area contributed by atoms with E-state index in [0.29, 0.717) is 13.0 Å². The molecule has 0 atom stereocenters. The highest BCUT2D eigenvalue weighted by Crippen LogP contribution is 2.25. The van der Waals surface area contributed by atoms with Gasteiger partial charge in [-0.05, 0) is 41.6 Å². The number of thiazole rings is 1. The van der Waals surface area contributed by atoms with E-state index in [1.807, 2.05) is 45.9 Å². The number of rotatable bonds is 7. The van der Waals surface area contributed by atoms with E-state index < -0.39 is 0 Å². The predicted molar refractivity (Wildman–Crippen MR) is 109 cm³/mol. The average Bonchev–Trinajstić information content (AvgIpc) is 3.44. The number of thiophene rings is 1. The number of benzene rings is 1. The molecular weight excluding hydrogens is 376 g/mol. The van der Waals surface area contributed by atoms with E-state index >= 15 is 0 Å². The number of nitrogens with zero attached hydrogens (tertiary/aromatic N) is 3. The minimum atomic E-state index is 0.00494. The average molecular weight is 395 g/mol. The second kappa shape index (κ2) is 8.28. The molecule has 4 aromatic rings. The summed E-state index contributed by atoms with van der Waals surface area (Å²) < 4.78 is 1.82. The lowest BCUT2D eigenvalue weighted by Crippen LogP contribution is -2.27. The Balaban J connectivity index is 1.25. The van der Waals surface area contributed by atoms with Gasteiger partial charge in [0.15, 0.2) is 0 Å². The predicted octanol–water partition coefficient (Wildman–Crippen LogP) is 3.96. The maximum Gasteiger partial charge on any atom is 0.226 e. The van der Waals surface area contributed by atoms with E-state index in [1.165, 1.54) is 5.56 Å². The minimum Gasteiger partial charge on any atom is -0.355 e. The number of hydrogen-bond acceptors (Lipinski definition) is 5. The Labute approximate surface area is 165 Å². The van der Waals surface area contributed by atoms with Gasteiger partial charge in [-0.2, -0.15) is 16.4 Å². The van der Waals surface area contributed by atoms with Gasteiger partial charge in [0.05, 0.1) is 17.8 Å². The Morgan fingerprint density at radius 1 is 1.15 bits per heavy atom. The van der Waals surface area contributed by atoms with Crippen molar-refractivity contribution in [3.63, 3.8) is 0 Å². The van der Waals surface area contributed by atoms with Gasteiger partial charge in [-0.3, -0.25) is 4.79 Å². The number of amides is 1. The van der Waals surface area contributed by atoms with Crippen LogP contribution in [0.5, 0.6) is 0 Å². The molecule has 0 spiro atoms. The van der Waals surface area contributed by atoms with Crippen molar-refractivity contribution in [3.05, 3.63) is 76.2 Å². The first-order valence-electron chi connectivity index (χ1n) is 8.60. The lowest BCUT2D eigenvalue weighted by Gasteiger charge is -2.06. The van der Waals surface area contributed by atoms with Gasteiger partial charge < -0.3 is 5.32 Å². The molecule has 0 radical (unpaired) electrons. The van der Waals surface area contributed by atoms with Crippen LogP contribution in [0.2, 0.25) is 0 Å². The van der Waals surface area contributed by atoms with Gasteiger partial charge in [-0.25, -0.2) is 9.67 Å². The summed E-state index contributed by atoms with van der Waals surface area (Å²) in [6.07, 6.45) is 4.79. The molecule has 136 valence electrons. The van der Waals surface area contributed by atoms with E-state index in [9.17, 15) is 4.79 Å². The van der Waals surface area contributed by atoms with Gasteiger partial charge in [0.2, 0.25) is 5.91 Å². The zero-order valence-electron chi connectivity index (χ0n) is 14.5. The van der Waals surface area contributed by atoms with E-state index in [1.54, 1.807) is 28.9 Å². The Hall–Kier alpha value is -2.77. The van der Waals surface area contributed by atoms with Crippen molar-refractivity contribution in [1.29, 1.82) is 0 Å². The summed E-state index contributed by atoms with van der Waals surface area (Å²) in [4.78, 5) is 16.7. The zero-order chi connectivity index (χ0) is 18.5. The van der Waals surface area contributed by atoms with Crippen LogP contribution < -0.4 is 5.32 Å². The standard InChI is InChI=1S/C20H18N4OS2/c25-19(12-17-14-27-20(23-17)16-7-11-26-13-16)21-9-6-15-2-4-18(5-3-15)24-10-1-8-22-24/h1-5,7-8,10-11,13-14H,6,9,12H2,(H,21,25). The van der Waals surface area contributed by atoms with E-state index in [0.717, 1.165) is 28.4 Å². The Morgan fingerprint density at radius 3 is 2.78 bits per heavy atom. The van der Waals surface area contributed by atoms with Crippen molar-refractivity contribution in [3.8, 4) is 16.3 Å². The lowest BCUT2D eigenvalue weighted by atomic mass is 10.1. The third kappa shape index (κ3) is 4.50. The van der Waals surface area contributed by atoms with Crippen LogP contribution in [0.25, 0.3) is 16.3 Å². The minimum absolute atomic E-state index is 0.00494. The summed E-state index contributed by atoms with van der Waals surface area (Å²) in [6, 6.07) is 12.1. The third-order valence-corrected chi connectivity index (χ3v) is 5.73. The molecular formula is C20H18N4OS2. The summed E-state index contributed by atoms with van der Waals surface area (Å²) >= 11 is 3.23. The molecule has 4 rings (SSSR count). The van der Waals surface area contributed by atoms with Gasteiger partial charge in [0.25, 0.3) is 0 Å². The van der Waals surface area contributed by atoms with Crippen LogP contribution in [-0.4, -0.2) is 27.2 Å². The fourth-order valence-electron chi connectivity index (χ4n) is 2.72. The molecule has 0 aliphatic heterocycles. The summed E-state index contributed by atoms with van der Waals surface area (Å²) in [5, 5.41) is 14.2. The van der Waals surface area contributed by atoms with Crippen LogP contribution >= 0.6 is 22.7 Å². The number of nitrogens with one attached hydrogen (secondary N) is 1. The highest BCUT2D eigenvalue weighted by molar-refractivity contribution is 7.14. The molecule has 0 saturated heterocycles. The number of carbonyl (C=O) groups is 1. The van der Waals surface area contributed by atoms with Gasteiger partial charge in [-0.15, -0.1) is 11.3 Å². The monoisotopic (exact) mass is 394 g/mol. The van der Waals surface area contributed by atoms with Gasteiger partial charge in [-0.1, -0.05) is 12.1 Å². The van der Waals surface area contributed by atoms with E-state index in [-0.39, 0.29) is 5.91 Å². The molecule has 0 aliphatic rings. The Kier molecular flexibility index (Phi) is 5.41. The summed E-state index contributed by atoms with van der Waals surface area (Å²) in [7, 11) is 0. The first-order valence-corrected chi connectivity index (χ1v) is 10.4. The highest BCUT2D eigenvalue weighted by atomic mass is 32.1. The van der Waals surface area contributed by atoms with Crippen molar-refractivity contribution in [1.82, 2.24) is 20.1 Å². The van der Waals surface area contributed by atoms with Crippen LogP contribution in [0.1, 0.15) is 11.3 Å². The highest BCUT2D eigenvalue weighted by Gasteiger charge is 2.09. The van der Waals surface area contributed by atoms with E-state index in [4.69, 9.17) is 0 Å². The smallest absolute Gasteiger partial charge is 0.226 e. The second-order valence-electron chi connectivity index (χ2n) is 6.05. The van der Waals surface area contributed by atoms with Gasteiger partial charge in [0, 0.05) is 35.3 Å². The van der Waals surface area contributed by atoms with Crippen LogP contribution in [-0.2, 0) is 17.6 Å². The maximum absolute atomic E-state index is 12.2. The van der Waals surface area contributed by atoms with Crippen LogP contribution in [0.4, 0.5) is 0 Å². The Bertz CT molecular complexity index is 989. The third-order valence-electron chi connectivity index (χ3n) is 4.10. The molecule has 7 heteroatoms. The number of carbonyl (C=O) groups excluding carboxylic acids is 1. The maximum atomic E-state index is 12.2. The molecule has 3 aromatic heterocycles. The molecule has 5 nitrogen and oxygen atoms in total. The molecule has 3 heterocycles. The summed E-state index contributed by atoms with van der Waals surface area (Å²) in [6.45, 7) is 0.613. The molecule has 1 N–H and O–H groups in total. The first-order chi connectivity index (χ1) is 13.3. The van der Waals surface area contributed by atoms with Crippen LogP contribution in [0.15, 0.2) is 64.9 Å². The molecule has 0 aliphatic carbocycles. The topological polar surface area (TPSA) is 59.8 Å². The van der Waals surface area contributed by atoms with Crippen molar-refractivity contribution in [2.24, 2.45) is 0 Å².